The lowest BCUT2D eigenvalue weighted by Crippen LogP contribution is -1.91. The Morgan fingerprint density at radius 2 is 1.94 bits per heavy atom. The molecule has 3 rings (SSSR count). The zero-order valence-corrected chi connectivity index (χ0v) is 12.0. The molecule has 0 radical (unpaired) electrons. The minimum atomic E-state index is 0.619. The molecule has 0 bridgehead atoms. The van der Waals surface area contributed by atoms with E-state index in [-0.39, 0.29) is 0 Å². The molecular weight excluding hydrogens is 356 g/mol. The summed E-state index contributed by atoms with van der Waals surface area (Å²) in [6.45, 7) is 0. The number of pyridine rings is 1. The van der Waals surface area contributed by atoms with E-state index >= 15 is 0 Å². The molecule has 16 heavy (non-hydrogen) atoms. The minimum Gasteiger partial charge on any atom is -0.251 e. The molecule has 0 N–H and O–H groups in total. The molecule has 0 unspecified atom stereocenters. The minimum absolute atomic E-state index is 0.619. The van der Waals surface area contributed by atoms with Crippen LogP contribution in [0.2, 0.25) is 10.0 Å². The average Bonchev–Trinajstić information content (AvgIpc) is 3.02. The summed E-state index contributed by atoms with van der Waals surface area (Å²) in [6, 6.07) is 5.78. The van der Waals surface area contributed by atoms with Gasteiger partial charge < -0.3 is 0 Å². The number of hydrogen-bond donors (Lipinski definition) is 0. The van der Waals surface area contributed by atoms with E-state index in [4.69, 9.17) is 23.2 Å². The van der Waals surface area contributed by atoms with Crippen LogP contribution in [-0.4, -0.2) is 4.98 Å². The topological polar surface area (TPSA) is 12.9 Å². The highest BCUT2D eigenvalue weighted by Gasteiger charge is 2.26. The summed E-state index contributed by atoms with van der Waals surface area (Å²) in [5.41, 5.74) is 2.09. The van der Waals surface area contributed by atoms with Crippen molar-refractivity contribution in [3.8, 4) is 0 Å². The first-order valence-corrected chi connectivity index (χ1v) is 6.94. The molecule has 1 aromatic heterocycles. The van der Waals surface area contributed by atoms with Crippen LogP contribution in [0.4, 0.5) is 0 Å². The molecule has 82 valence electrons. The molecular formula is C12H8Cl2IN. The number of rotatable bonds is 1. The highest BCUT2D eigenvalue weighted by molar-refractivity contribution is 14.1. The van der Waals surface area contributed by atoms with Crippen molar-refractivity contribution in [2.24, 2.45) is 0 Å². The maximum absolute atomic E-state index is 6.28. The number of benzene rings is 1. The Morgan fingerprint density at radius 1 is 1.19 bits per heavy atom. The quantitative estimate of drug-likeness (QED) is 0.648. The first-order valence-electron chi connectivity index (χ1n) is 5.10. The van der Waals surface area contributed by atoms with Gasteiger partial charge in [-0.1, -0.05) is 23.2 Å². The van der Waals surface area contributed by atoms with Gasteiger partial charge in [-0.2, -0.15) is 0 Å². The van der Waals surface area contributed by atoms with Crippen molar-refractivity contribution < 1.29 is 0 Å². The number of halogens is 3. The van der Waals surface area contributed by atoms with Gasteiger partial charge in [-0.15, -0.1) is 0 Å². The summed E-state index contributed by atoms with van der Waals surface area (Å²) in [4.78, 5) is 4.69. The standard InChI is InChI=1S/C12H8Cl2IN/c13-7-3-8-9(14)5-11(6-1-2-6)16-12(8)10(15)4-7/h3-6H,1-2H2. The fraction of sp³-hybridized carbons (Fsp3) is 0.250. The molecule has 2 aromatic rings. The van der Waals surface area contributed by atoms with Gasteiger partial charge in [0, 0.05) is 25.6 Å². The van der Waals surface area contributed by atoms with Crippen molar-refractivity contribution in [3.63, 3.8) is 0 Å². The summed E-state index contributed by atoms with van der Waals surface area (Å²) < 4.78 is 1.06. The zero-order valence-electron chi connectivity index (χ0n) is 8.30. The van der Waals surface area contributed by atoms with E-state index in [0.29, 0.717) is 10.9 Å². The maximum atomic E-state index is 6.28. The number of fused-ring (bicyclic) bond motifs is 1. The van der Waals surface area contributed by atoms with Crippen LogP contribution in [-0.2, 0) is 0 Å². The summed E-state index contributed by atoms with van der Waals surface area (Å²) in [6.07, 6.45) is 2.47. The van der Waals surface area contributed by atoms with E-state index in [2.05, 4.69) is 27.6 Å². The molecule has 0 saturated heterocycles. The average molecular weight is 364 g/mol. The Balaban J connectivity index is 2.32. The van der Waals surface area contributed by atoms with Crippen LogP contribution < -0.4 is 0 Å². The molecule has 1 aromatic carbocycles. The fourth-order valence-electron chi connectivity index (χ4n) is 1.82. The van der Waals surface area contributed by atoms with E-state index < -0.39 is 0 Å². The van der Waals surface area contributed by atoms with Gasteiger partial charge in [-0.05, 0) is 53.6 Å². The molecule has 1 nitrogen and oxygen atoms in total. The van der Waals surface area contributed by atoms with Crippen LogP contribution in [0.3, 0.4) is 0 Å². The number of aromatic nitrogens is 1. The van der Waals surface area contributed by atoms with Crippen LogP contribution in [0, 0.1) is 3.57 Å². The first-order chi connectivity index (χ1) is 7.65. The SMILES string of the molecule is Clc1cc(I)c2nc(C3CC3)cc(Cl)c2c1. The van der Waals surface area contributed by atoms with Crippen LogP contribution in [0.5, 0.6) is 0 Å². The highest BCUT2D eigenvalue weighted by atomic mass is 127. The van der Waals surface area contributed by atoms with Gasteiger partial charge in [0.1, 0.15) is 0 Å². The fourth-order valence-corrected chi connectivity index (χ4v) is 3.22. The summed E-state index contributed by atoms with van der Waals surface area (Å²) in [5, 5.41) is 2.41. The molecule has 1 fully saturated rings. The molecule has 1 aliphatic carbocycles. The second-order valence-electron chi connectivity index (χ2n) is 4.09. The highest BCUT2D eigenvalue weighted by Crippen LogP contribution is 2.41. The van der Waals surface area contributed by atoms with Crippen molar-refractivity contribution in [3.05, 3.63) is 37.5 Å². The van der Waals surface area contributed by atoms with Crippen molar-refractivity contribution in [2.75, 3.05) is 0 Å². The first kappa shape index (κ1) is 11.1. The smallest absolute Gasteiger partial charge is 0.0854 e. The van der Waals surface area contributed by atoms with Crippen molar-refractivity contribution in [1.82, 2.24) is 4.98 Å². The van der Waals surface area contributed by atoms with Crippen LogP contribution in [0.15, 0.2) is 18.2 Å². The lowest BCUT2D eigenvalue weighted by atomic mass is 10.1. The molecule has 0 amide bonds. The second kappa shape index (κ2) is 4.00. The lowest BCUT2D eigenvalue weighted by molar-refractivity contribution is 1.04. The monoisotopic (exact) mass is 363 g/mol. The van der Waals surface area contributed by atoms with Crippen LogP contribution >= 0.6 is 45.8 Å². The molecule has 4 heteroatoms. The Hall–Kier alpha value is -0.0600. The third-order valence-electron chi connectivity index (χ3n) is 2.80. The number of hydrogen-bond acceptors (Lipinski definition) is 1. The molecule has 1 aliphatic rings. The third-order valence-corrected chi connectivity index (χ3v) is 4.15. The largest absolute Gasteiger partial charge is 0.251 e. The van der Waals surface area contributed by atoms with Crippen LogP contribution in [0.25, 0.3) is 10.9 Å². The van der Waals surface area contributed by atoms with Crippen molar-refractivity contribution in [1.29, 1.82) is 0 Å². The van der Waals surface area contributed by atoms with Crippen LogP contribution in [0.1, 0.15) is 24.5 Å². The lowest BCUT2D eigenvalue weighted by Gasteiger charge is -2.06. The molecule has 1 saturated carbocycles. The molecule has 0 aliphatic heterocycles. The van der Waals surface area contributed by atoms with E-state index in [1.165, 1.54) is 12.8 Å². The van der Waals surface area contributed by atoms with Gasteiger partial charge in [0.15, 0.2) is 0 Å². The van der Waals surface area contributed by atoms with Gasteiger partial charge in [-0.25, -0.2) is 0 Å². The summed E-state index contributed by atoms with van der Waals surface area (Å²) in [7, 11) is 0. The Kier molecular flexibility index (Phi) is 2.76. The molecule has 1 heterocycles. The van der Waals surface area contributed by atoms with Gasteiger partial charge in [0.05, 0.1) is 10.5 Å². The second-order valence-corrected chi connectivity index (χ2v) is 6.09. The van der Waals surface area contributed by atoms with Crippen molar-refractivity contribution >= 4 is 56.7 Å². The Bertz CT molecular complexity index is 579. The maximum Gasteiger partial charge on any atom is 0.0854 e. The third kappa shape index (κ3) is 1.91. The summed E-state index contributed by atoms with van der Waals surface area (Å²) >= 11 is 14.6. The summed E-state index contributed by atoms with van der Waals surface area (Å²) in [5.74, 6) is 0.619. The molecule has 0 spiro atoms. The zero-order chi connectivity index (χ0) is 11.3. The van der Waals surface area contributed by atoms with Gasteiger partial charge in [0.2, 0.25) is 0 Å². The molecule has 0 atom stereocenters. The van der Waals surface area contributed by atoms with E-state index in [9.17, 15) is 0 Å². The predicted octanol–water partition coefficient (Wildman–Crippen LogP) is 5.02. The van der Waals surface area contributed by atoms with E-state index in [0.717, 1.165) is 25.2 Å². The van der Waals surface area contributed by atoms with Gasteiger partial charge >= 0.3 is 0 Å². The Morgan fingerprint density at radius 3 is 2.62 bits per heavy atom. The normalized spacial score (nSPS) is 15.7. The van der Waals surface area contributed by atoms with E-state index in [1.54, 1.807) is 0 Å². The van der Waals surface area contributed by atoms with Gasteiger partial charge in [0.25, 0.3) is 0 Å². The predicted molar refractivity (Wildman–Crippen MR) is 76.5 cm³/mol. The van der Waals surface area contributed by atoms with E-state index in [1.807, 2.05) is 18.2 Å². The van der Waals surface area contributed by atoms with Crippen molar-refractivity contribution in [2.45, 2.75) is 18.8 Å². The Labute approximate surface area is 117 Å². The number of nitrogens with zero attached hydrogens (tertiary/aromatic N) is 1. The van der Waals surface area contributed by atoms with Gasteiger partial charge in [-0.3, -0.25) is 4.98 Å².